The summed E-state index contributed by atoms with van der Waals surface area (Å²) in [6.45, 7) is 8.06. The molecule has 0 saturated heterocycles. The van der Waals surface area contributed by atoms with E-state index in [9.17, 15) is 9.90 Å². The highest BCUT2D eigenvalue weighted by Gasteiger charge is 2.27. The summed E-state index contributed by atoms with van der Waals surface area (Å²) in [6.07, 6.45) is 4.31. The van der Waals surface area contributed by atoms with Crippen LogP contribution in [0.15, 0.2) is 41.1 Å². The van der Waals surface area contributed by atoms with Crippen LogP contribution < -0.4 is 0 Å². The van der Waals surface area contributed by atoms with E-state index in [4.69, 9.17) is 4.42 Å². The van der Waals surface area contributed by atoms with Crippen molar-refractivity contribution in [3.63, 3.8) is 0 Å². The fraction of sp³-hybridized carbons (Fsp3) is 0.333. The lowest BCUT2D eigenvalue weighted by Gasteiger charge is -2.19. The van der Waals surface area contributed by atoms with Crippen molar-refractivity contribution in [3.05, 3.63) is 47.9 Å². The average Bonchev–Trinajstić information content (AvgIpc) is 3.48. The van der Waals surface area contributed by atoms with Crippen molar-refractivity contribution in [2.24, 2.45) is 0 Å². The number of fused-ring (bicyclic) bond motifs is 5. The molecule has 0 aliphatic heterocycles. The van der Waals surface area contributed by atoms with Crippen molar-refractivity contribution in [1.29, 1.82) is 0 Å². The fourth-order valence-corrected chi connectivity index (χ4v) is 4.77. The van der Waals surface area contributed by atoms with Crippen LogP contribution in [0.2, 0.25) is 0 Å². The van der Waals surface area contributed by atoms with Gasteiger partial charge in [-0.15, -0.1) is 0 Å². The Hall–Kier alpha value is -3.12. The van der Waals surface area contributed by atoms with Gasteiger partial charge in [-0.05, 0) is 49.3 Å². The van der Waals surface area contributed by atoms with Crippen LogP contribution in [0.25, 0.3) is 33.3 Å². The quantitative estimate of drug-likeness (QED) is 0.508. The highest BCUT2D eigenvalue weighted by molar-refractivity contribution is 6.18. The topological polar surface area (TPSA) is 71.5 Å². The number of benzene rings is 2. The summed E-state index contributed by atoms with van der Waals surface area (Å²) in [4.78, 5) is 19.0. The molecule has 6 nitrogen and oxygen atoms in total. The van der Waals surface area contributed by atoms with Crippen molar-refractivity contribution in [1.82, 2.24) is 14.5 Å². The van der Waals surface area contributed by atoms with Crippen molar-refractivity contribution in [3.8, 4) is 17.2 Å². The van der Waals surface area contributed by atoms with Gasteiger partial charge in [-0.1, -0.05) is 13.8 Å². The van der Waals surface area contributed by atoms with E-state index in [1.807, 2.05) is 24.3 Å². The second kappa shape index (κ2) is 7.29. The Morgan fingerprint density at radius 1 is 1.07 bits per heavy atom. The maximum absolute atomic E-state index is 12.4. The summed E-state index contributed by atoms with van der Waals surface area (Å²) in [7, 11) is 0. The number of carbonyl (C=O) groups is 1. The van der Waals surface area contributed by atoms with E-state index in [0.717, 1.165) is 59.1 Å². The molecule has 1 aliphatic rings. The van der Waals surface area contributed by atoms with Crippen molar-refractivity contribution in [2.45, 2.75) is 33.2 Å². The highest BCUT2D eigenvalue weighted by Crippen LogP contribution is 2.44. The molecule has 0 radical (unpaired) electrons. The molecule has 0 saturated carbocycles. The van der Waals surface area contributed by atoms with Gasteiger partial charge in [0.2, 0.25) is 5.89 Å². The van der Waals surface area contributed by atoms with Gasteiger partial charge in [0.1, 0.15) is 12.0 Å². The van der Waals surface area contributed by atoms with Gasteiger partial charge >= 0.3 is 0 Å². The zero-order chi connectivity index (χ0) is 20.8. The Morgan fingerprint density at radius 3 is 2.50 bits per heavy atom. The van der Waals surface area contributed by atoms with Crippen molar-refractivity contribution in [2.75, 3.05) is 19.6 Å². The SMILES string of the molecule is CCN(CC)CCn1c2ccc(-c3ncco3)c(O)c2c2c3c(ccc21)C(=O)CC3. The Labute approximate surface area is 174 Å². The third-order valence-corrected chi connectivity index (χ3v) is 6.38. The number of likely N-dealkylation sites (N-methyl/N-ethyl adjacent to an activating group) is 1. The normalized spacial score (nSPS) is 13.8. The zero-order valence-electron chi connectivity index (χ0n) is 17.3. The molecule has 0 spiro atoms. The van der Waals surface area contributed by atoms with E-state index >= 15 is 0 Å². The minimum atomic E-state index is 0.161. The molecule has 0 fully saturated rings. The first kappa shape index (κ1) is 18.9. The molecular weight excluding hydrogens is 378 g/mol. The van der Waals surface area contributed by atoms with Crippen LogP contribution in [0, 0.1) is 0 Å². The highest BCUT2D eigenvalue weighted by atomic mass is 16.3. The molecular formula is C24H25N3O3. The Morgan fingerprint density at radius 2 is 1.80 bits per heavy atom. The molecule has 4 aromatic rings. The predicted molar refractivity (Wildman–Crippen MR) is 117 cm³/mol. The number of hydrogen-bond acceptors (Lipinski definition) is 5. The van der Waals surface area contributed by atoms with Gasteiger partial charge in [-0.2, -0.15) is 0 Å². The zero-order valence-corrected chi connectivity index (χ0v) is 17.3. The van der Waals surface area contributed by atoms with E-state index in [2.05, 4.69) is 28.3 Å². The van der Waals surface area contributed by atoms with Gasteiger partial charge in [0.15, 0.2) is 5.78 Å². The molecule has 154 valence electrons. The Kier molecular flexibility index (Phi) is 4.59. The van der Waals surface area contributed by atoms with Crippen LogP contribution in [0.1, 0.15) is 36.2 Å². The fourth-order valence-electron chi connectivity index (χ4n) is 4.77. The molecule has 0 atom stereocenters. The number of oxazole rings is 1. The Balaban J connectivity index is 1.79. The lowest BCUT2D eigenvalue weighted by molar-refractivity contribution is 0.0994. The first-order valence-corrected chi connectivity index (χ1v) is 10.6. The molecule has 0 amide bonds. The third kappa shape index (κ3) is 2.75. The van der Waals surface area contributed by atoms with E-state index in [-0.39, 0.29) is 11.5 Å². The molecule has 6 heteroatoms. The molecule has 30 heavy (non-hydrogen) atoms. The largest absolute Gasteiger partial charge is 0.506 e. The lowest BCUT2D eigenvalue weighted by atomic mass is 10.0. The minimum Gasteiger partial charge on any atom is -0.506 e. The van der Waals surface area contributed by atoms with E-state index < -0.39 is 0 Å². The molecule has 2 aromatic carbocycles. The van der Waals surface area contributed by atoms with Gasteiger partial charge in [-0.3, -0.25) is 4.79 Å². The number of phenols is 1. The summed E-state index contributed by atoms with van der Waals surface area (Å²) in [6, 6.07) is 7.87. The number of rotatable bonds is 6. The van der Waals surface area contributed by atoms with E-state index in [1.54, 1.807) is 6.20 Å². The van der Waals surface area contributed by atoms with Crippen molar-refractivity contribution < 1.29 is 14.3 Å². The lowest BCUT2D eigenvalue weighted by Crippen LogP contribution is -2.26. The van der Waals surface area contributed by atoms with Gasteiger partial charge in [-0.25, -0.2) is 4.98 Å². The number of hydrogen-bond donors (Lipinski definition) is 1. The first-order chi connectivity index (χ1) is 14.6. The van der Waals surface area contributed by atoms with Crippen LogP contribution in [0.4, 0.5) is 0 Å². The molecule has 2 heterocycles. The molecule has 2 aromatic heterocycles. The molecule has 1 N–H and O–H groups in total. The van der Waals surface area contributed by atoms with Crippen LogP contribution in [0.3, 0.4) is 0 Å². The number of nitrogens with zero attached hydrogens (tertiary/aromatic N) is 3. The second-order valence-corrected chi connectivity index (χ2v) is 7.78. The summed E-state index contributed by atoms with van der Waals surface area (Å²) in [5.74, 6) is 0.732. The summed E-state index contributed by atoms with van der Waals surface area (Å²) < 4.78 is 7.72. The summed E-state index contributed by atoms with van der Waals surface area (Å²) in [5, 5.41) is 13.1. The summed E-state index contributed by atoms with van der Waals surface area (Å²) in [5.41, 5.74) is 4.43. The molecule has 1 aliphatic carbocycles. The van der Waals surface area contributed by atoms with Gasteiger partial charge in [0.25, 0.3) is 0 Å². The van der Waals surface area contributed by atoms with Gasteiger partial charge < -0.3 is 19.0 Å². The Bertz CT molecular complexity index is 1250. The monoisotopic (exact) mass is 403 g/mol. The summed E-state index contributed by atoms with van der Waals surface area (Å²) >= 11 is 0. The van der Waals surface area contributed by atoms with Crippen LogP contribution in [-0.2, 0) is 13.0 Å². The standard InChI is InChI=1S/C24H25N3O3/c1-3-26(4-2)12-13-27-18-8-5-15-16(7-10-20(15)28)21(18)22-19(27)9-6-17(23(22)29)24-25-11-14-30-24/h5-6,8-9,11,14,29H,3-4,7,10,12-13H2,1-2H3. The molecule has 5 rings (SSSR count). The average molecular weight is 403 g/mol. The number of ketones is 1. The molecule has 0 unspecified atom stereocenters. The first-order valence-electron chi connectivity index (χ1n) is 10.6. The van der Waals surface area contributed by atoms with Crippen LogP contribution >= 0.6 is 0 Å². The van der Waals surface area contributed by atoms with Gasteiger partial charge in [0.05, 0.1) is 22.7 Å². The van der Waals surface area contributed by atoms with Crippen molar-refractivity contribution >= 4 is 27.6 Å². The van der Waals surface area contributed by atoms with Crippen LogP contribution in [0.5, 0.6) is 5.75 Å². The predicted octanol–water partition coefficient (Wildman–Crippen LogP) is 4.63. The second-order valence-electron chi connectivity index (χ2n) is 7.78. The minimum absolute atomic E-state index is 0.161. The smallest absolute Gasteiger partial charge is 0.229 e. The molecule has 0 bridgehead atoms. The van der Waals surface area contributed by atoms with Gasteiger partial charge in [0, 0.05) is 36.0 Å². The number of aromatic nitrogens is 2. The maximum atomic E-state index is 12.4. The number of phenolic OH excluding ortho intramolecular Hbond substituents is 1. The number of aromatic hydroxyl groups is 1. The van der Waals surface area contributed by atoms with Crippen LogP contribution in [-0.4, -0.2) is 45.0 Å². The number of aryl methyl sites for hydroxylation is 1. The number of Topliss-reactive ketones (excluding diaryl/α,β-unsaturated/α-hetero) is 1. The van der Waals surface area contributed by atoms with E-state index in [0.29, 0.717) is 24.3 Å². The third-order valence-electron chi connectivity index (χ3n) is 6.38. The maximum Gasteiger partial charge on any atom is 0.229 e. The number of carbonyl (C=O) groups excluding carboxylic acids is 1. The van der Waals surface area contributed by atoms with E-state index in [1.165, 1.54) is 6.26 Å².